The highest BCUT2D eigenvalue weighted by Gasteiger charge is 2.16. The van der Waals surface area contributed by atoms with Gasteiger partial charge in [-0.15, -0.1) is 0 Å². The number of carbonyl (C=O) groups is 1. The van der Waals surface area contributed by atoms with Crippen molar-refractivity contribution < 1.29 is 9.53 Å². The molecule has 3 N–H and O–H groups in total. The second-order valence-corrected chi connectivity index (χ2v) is 6.01. The smallest absolute Gasteiger partial charge is 0.258 e. The van der Waals surface area contributed by atoms with Gasteiger partial charge in [0.1, 0.15) is 5.75 Å². The lowest BCUT2D eigenvalue weighted by Gasteiger charge is -2.21. The van der Waals surface area contributed by atoms with Crippen molar-refractivity contribution in [3.05, 3.63) is 27.7 Å². The highest BCUT2D eigenvalue weighted by atomic mass is 35.5. The fourth-order valence-electron chi connectivity index (χ4n) is 1.52. The van der Waals surface area contributed by atoms with E-state index in [0.717, 1.165) is 0 Å². The molecule has 0 bridgehead atoms. The lowest BCUT2D eigenvalue weighted by molar-refractivity contribution is -0.124. The molecule has 0 saturated heterocycles. The summed E-state index contributed by atoms with van der Waals surface area (Å²) in [5, 5.41) is 3.62. The Morgan fingerprint density at radius 1 is 1.37 bits per heavy atom. The second-order valence-electron chi connectivity index (χ2n) is 5.17. The molecular weight excluding hydrogens is 287 g/mol. The molecule has 4 nitrogen and oxygen atoms in total. The average Bonchev–Trinajstić information content (AvgIpc) is 2.24. The number of amides is 1. The summed E-state index contributed by atoms with van der Waals surface area (Å²) in [6.45, 7) is 5.80. The molecule has 0 unspecified atom stereocenters. The van der Waals surface area contributed by atoms with Crippen LogP contribution in [0.1, 0.15) is 26.3 Å². The molecule has 106 valence electrons. The highest BCUT2D eigenvalue weighted by molar-refractivity contribution is 6.35. The molecule has 6 heteroatoms. The van der Waals surface area contributed by atoms with Crippen molar-refractivity contribution in [2.24, 2.45) is 5.73 Å². The fourth-order valence-corrected chi connectivity index (χ4v) is 2.11. The Labute approximate surface area is 123 Å². The van der Waals surface area contributed by atoms with Gasteiger partial charge in [0, 0.05) is 22.7 Å². The molecule has 1 amide bonds. The molecule has 0 aromatic heterocycles. The van der Waals surface area contributed by atoms with E-state index in [9.17, 15) is 4.79 Å². The summed E-state index contributed by atoms with van der Waals surface area (Å²) in [5.41, 5.74) is 5.96. The number of halogens is 2. The zero-order valence-corrected chi connectivity index (χ0v) is 12.7. The maximum absolute atomic E-state index is 11.7. The van der Waals surface area contributed by atoms with Crippen LogP contribution in [0, 0.1) is 0 Å². The van der Waals surface area contributed by atoms with Gasteiger partial charge < -0.3 is 15.8 Å². The van der Waals surface area contributed by atoms with Crippen LogP contribution in [0.5, 0.6) is 5.75 Å². The van der Waals surface area contributed by atoms with Crippen LogP contribution in [0.2, 0.25) is 10.0 Å². The Morgan fingerprint density at radius 3 is 2.53 bits per heavy atom. The molecule has 0 saturated carbocycles. The van der Waals surface area contributed by atoms with E-state index in [1.165, 1.54) is 0 Å². The quantitative estimate of drug-likeness (QED) is 0.899. The molecule has 1 aromatic carbocycles. The van der Waals surface area contributed by atoms with Crippen LogP contribution in [0.15, 0.2) is 12.1 Å². The predicted molar refractivity (Wildman–Crippen MR) is 77.7 cm³/mol. The van der Waals surface area contributed by atoms with Crippen molar-refractivity contribution in [1.29, 1.82) is 0 Å². The van der Waals surface area contributed by atoms with Crippen LogP contribution in [-0.4, -0.2) is 18.1 Å². The van der Waals surface area contributed by atoms with Gasteiger partial charge in [-0.1, -0.05) is 23.2 Å². The number of hydrogen-bond acceptors (Lipinski definition) is 3. The number of hydrogen-bond donors (Lipinski definition) is 2. The van der Waals surface area contributed by atoms with Gasteiger partial charge in [0.15, 0.2) is 6.61 Å². The van der Waals surface area contributed by atoms with Gasteiger partial charge in [-0.05, 0) is 32.9 Å². The van der Waals surface area contributed by atoms with Gasteiger partial charge in [-0.3, -0.25) is 4.79 Å². The summed E-state index contributed by atoms with van der Waals surface area (Å²) in [6.07, 6.45) is 0. The van der Waals surface area contributed by atoms with Crippen LogP contribution in [0.4, 0.5) is 0 Å². The molecule has 0 heterocycles. The third-order valence-corrected chi connectivity index (χ3v) is 2.67. The minimum Gasteiger partial charge on any atom is -0.482 e. The van der Waals surface area contributed by atoms with E-state index in [-0.39, 0.29) is 24.6 Å². The van der Waals surface area contributed by atoms with E-state index in [2.05, 4.69) is 5.32 Å². The summed E-state index contributed by atoms with van der Waals surface area (Å²) < 4.78 is 5.44. The molecule has 0 atom stereocenters. The summed E-state index contributed by atoms with van der Waals surface area (Å²) in [5.74, 6) is 0.180. The highest BCUT2D eigenvalue weighted by Crippen LogP contribution is 2.32. The van der Waals surface area contributed by atoms with Gasteiger partial charge in [-0.2, -0.15) is 0 Å². The van der Waals surface area contributed by atoms with Gasteiger partial charge in [0.2, 0.25) is 0 Å². The summed E-state index contributed by atoms with van der Waals surface area (Å²) >= 11 is 11.9. The van der Waals surface area contributed by atoms with Crippen molar-refractivity contribution in [3.8, 4) is 5.75 Å². The number of nitrogens with two attached hydrogens (primary N) is 1. The van der Waals surface area contributed by atoms with Crippen LogP contribution in [0.3, 0.4) is 0 Å². The van der Waals surface area contributed by atoms with E-state index in [0.29, 0.717) is 21.4 Å². The number of benzene rings is 1. The Bertz CT molecular complexity index is 470. The number of carbonyl (C=O) groups excluding carboxylic acids is 1. The largest absolute Gasteiger partial charge is 0.482 e. The van der Waals surface area contributed by atoms with Crippen molar-refractivity contribution in [2.45, 2.75) is 32.9 Å². The Balaban J connectivity index is 2.75. The van der Waals surface area contributed by atoms with Crippen LogP contribution in [-0.2, 0) is 11.3 Å². The normalized spacial score (nSPS) is 11.3. The van der Waals surface area contributed by atoms with E-state index in [1.54, 1.807) is 12.1 Å². The van der Waals surface area contributed by atoms with Crippen LogP contribution < -0.4 is 15.8 Å². The molecule has 1 aromatic rings. The van der Waals surface area contributed by atoms with E-state index < -0.39 is 0 Å². The van der Waals surface area contributed by atoms with Gasteiger partial charge in [-0.25, -0.2) is 0 Å². The van der Waals surface area contributed by atoms with Crippen molar-refractivity contribution in [3.63, 3.8) is 0 Å². The first-order valence-electron chi connectivity index (χ1n) is 5.84. The molecule has 0 spiro atoms. The van der Waals surface area contributed by atoms with E-state index in [4.69, 9.17) is 33.7 Å². The maximum atomic E-state index is 11.7. The van der Waals surface area contributed by atoms with Crippen LogP contribution in [0.25, 0.3) is 0 Å². The second kappa shape index (κ2) is 6.46. The zero-order chi connectivity index (χ0) is 14.6. The third kappa shape index (κ3) is 5.27. The number of ether oxygens (including phenoxy) is 1. The first-order chi connectivity index (χ1) is 8.73. The fraction of sp³-hybridized carbons (Fsp3) is 0.462. The molecule has 19 heavy (non-hydrogen) atoms. The minimum atomic E-state index is -0.305. The summed E-state index contributed by atoms with van der Waals surface area (Å²) in [6, 6.07) is 3.23. The van der Waals surface area contributed by atoms with Gasteiger partial charge in [0.05, 0.1) is 5.02 Å². The molecule has 0 aliphatic carbocycles. The molecule has 1 rings (SSSR count). The molecule has 0 radical (unpaired) electrons. The zero-order valence-electron chi connectivity index (χ0n) is 11.2. The predicted octanol–water partition coefficient (Wildman–Crippen LogP) is 2.75. The van der Waals surface area contributed by atoms with E-state index in [1.807, 2.05) is 20.8 Å². The Kier molecular flexibility index (Phi) is 5.47. The summed E-state index contributed by atoms with van der Waals surface area (Å²) in [7, 11) is 0. The lowest BCUT2D eigenvalue weighted by Crippen LogP contribution is -2.43. The van der Waals surface area contributed by atoms with Crippen molar-refractivity contribution in [2.75, 3.05) is 6.61 Å². The van der Waals surface area contributed by atoms with Gasteiger partial charge >= 0.3 is 0 Å². The molecule has 0 fully saturated rings. The summed E-state index contributed by atoms with van der Waals surface area (Å²) in [4.78, 5) is 11.7. The maximum Gasteiger partial charge on any atom is 0.258 e. The van der Waals surface area contributed by atoms with Crippen molar-refractivity contribution in [1.82, 2.24) is 5.32 Å². The first-order valence-corrected chi connectivity index (χ1v) is 6.60. The van der Waals surface area contributed by atoms with Crippen molar-refractivity contribution >= 4 is 29.1 Å². The monoisotopic (exact) mass is 304 g/mol. The minimum absolute atomic E-state index is 0.119. The average molecular weight is 305 g/mol. The SMILES string of the molecule is CC(C)(C)NC(=O)COc1c(Cl)cc(Cl)cc1CN. The standard InChI is InChI=1S/C13H18Cl2N2O2/c1-13(2,3)17-11(18)7-19-12-8(6-16)4-9(14)5-10(12)15/h4-5H,6-7,16H2,1-3H3,(H,17,18). The molecule has 0 aliphatic rings. The van der Waals surface area contributed by atoms with E-state index >= 15 is 0 Å². The Morgan fingerprint density at radius 2 is 2.00 bits per heavy atom. The molecular formula is C13H18Cl2N2O2. The molecule has 0 aliphatic heterocycles. The van der Waals surface area contributed by atoms with Crippen LogP contribution >= 0.6 is 23.2 Å². The first kappa shape index (κ1) is 16.1. The lowest BCUT2D eigenvalue weighted by atomic mass is 10.1. The third-order valence-electron chi connectivity index (χ3n) is 2.17. The number of rotatable bonds is 4. The topological polar surface area (TPSA) is 64.3 Å². The number of nitrogens with one attached hydrogen (secondary N) is 1. The van der Waals surface area contributed by atoms with Gasteiger partial charge in [0.25, 0.3) is 5.91 Å². The Hall–Kier alpha value is -0.970.